The second-order valence-electron chi connectivity index (χ2n) is 8.61. The number of hydrogen-bond donors (Lipinski definition) is 0. The molecule has 2 aromatic rings. The summed E-state index contributed by atoms with van der Waals surface area (Å²) >= 11 is 0. The summed E-state index contributed by atoms with van der Waals surface area (Å²) in [4.78, 5) is 28.8. The maximum atomic E-state index is 13.1. The van der Waals surface area contributed by atoms with Crippen molar-refractivity contribution in [3.8, 4) is 5.75 Å². The summed E-state index contributed by atoms with van der Waals surface area (Å²) in [6.07, 6.45) is 3.91. The van der Waals surface area contributed by atoms with Crippen molar-refractivity contribution in [1.82, 2.24) is 14.4 Å². The molecule has 4 rings (SSSR count). The molecule has 0 aliphatic carbocycles. The molecular formula is C24H31N3O3. The zero-order valence-corrected chi connectivity index (χ0v) is 17.9. The monoisotopic (exact) mass is 409 g/mol. The number of likely N-dealkylation sites (tertiary alicyclic amines) is 2. The van der Waals surface area contributed by atoms with Crippen molar-refractivity contribution in [2.45, 2.75) is 19.8 Å². The molecule has 0 radical (unpaired) electrons. The van der Waals surface area contributed by atoms with Gasteiger partial charge in [-0.15, -0.1) is 0 Å². The highest BCUT2D eigenvalue weighted by Gasteiger charge is 2.41. The second-order valence-corrected chi connectivity index (χ2v) is 8.61. The number of carbonyl (C=O) groups is 2. The number of carbonyl (C=O) groups excluding carboxylic acids is 2. The summed E-state index contributed by atoms with van der Waals surface area (Å²) in [5.74, 6) is 2.32. The Balaban J connectivity index is 1.46. The topological polar surface area (TPSA) is 54.8 Å². The Labute approximate surface area is 178 Å². The van der Waals surface area contributed by atoms with Crippen LogP contribution < -0.4 is 4.74 Å². The number of nitrogens with zero attached hydrogens (tertiary/aromatic N) is 3. The standard InChI is InChI=1S/C24H31N3O3/c1-18(28)26-13-10-19(11-14-26)22-16-27(24(29)23-9-6-12-25(23)2)15-20(22)17-30-21-7-4-3-5-8-21/h3-9,12,19-20,22H,10-11,13-17H2,1-2H3/t20-,22-/m0/s1. The molecule has 6 nitrogen and oxygen atoms in total. The number of para-hydroxylation sites is 1. The first-order valence-electron chi connectivity index (χ1n) is 10.9. The maximum absolute atomic E-state index is 13.1. The first kappa shape index (κ1) is 20.5. The maximum Gasteiger partial charge on any atom is 0.270 e. The fourth-order valence-corrected chi connectivity index (χ4v) is 4.98. The molecule has 160 valence electrons. The fourth-order valence-electron chi connectivity index (χ4n) is 4.98. The number of aryl methyl sites for hydroxylation is 1. The number of ether oxygens (including phenoxy) is 1. The average molecular weight is 410 g/mol. The van der Waals surface area contributed by atoms with Gasteiger partial charge in [-0.3, -0.25) is 9.59 Å². The van der Waals surface area contributed by atoms with Gasteiger partial charge in [-0.2, -0.15) is 0 Å². The number of amides is 2. The Bertz CT molecular complexity index is 871. The Kier molecular flexibility index (Phi) is 6.11. The van der Waals surface area contributed by atoms with Gasteiger partial charge in [-0.05, 0) is 48.9 Å². The predicted octanol–water partition coefficient (Wildman–Crippen LogP) is 3.05. The molecule has 0 unspecified atom stereocenters. The zero-order chi connectivity index (χ0) is 21.1. The van der Waals surface area contributed by atoms with E-state index in [1.54, 1.807) is 6.92 Å². The van der Waals surface area contributed by atoms with Gasteiger partial charge in [0.25, 0.3) is 5.91 Å². The summed E-state index contributed by atoms with van der Waals surface area (Å²) < 4.78 is 7.99. The van der Waals surface area contributed by atoms with E-state index in [9.17, 15) is 9.59 Å². The average Bonchev–Trinajstić information content (AvgIpc) is 3.39. The van der Waals surface area contributed by atoms with E-state index in [4.69, 9.17) is 4.74 Å². The minimum Gasteiger partial charge on any atom is -0.493 e. The van der Waals surface area contributed by atoms with Crippen LogP contribution in [0.5, 0.6) is 5.75 Å². The molecule has 0 spiro atoms. The van der Waals surface area contributed by atoms with Gasteiger partial charge in [0.2, 0.25) is 5.91 Å². The molecule has 30 heavy (non-hydrogen) atoms. The van der Waals surface area contributed by atoms with Crippen molar-refractivity contribution in [3.63, 3.8) is 0 Å². The van der Waals surface area contributed by atoms with E-state index in [0.29, 0.717) is 30.9 Å². The van der Waals surface area contributed by atoms with E-state index in [1.807, 2.05) is 70.1 Å². The summed E-state index contributed by atoms with van der Waals surface area (Å²) in [6, 6.07) is 13.7. The molecule has 1 aromatic carbocycles. The number of hydrogen-bond acceptors (Lipinski definition) is 3. The highest BCUT2D eigenvalue weighted by molar-refractivity contribution is 5.93. The van der Waals surface area contributed by atoms with E-state index < -0.39 is 0 Å². The highest BCUT2D eigenvalue weighted by atomic mass is 16.5. The Hall–Kier alpha value is -2.76. The largest absolute Gasteiger partial charge is 0.493 e. The molecule has 2 atom stereocenters. The molecular weight excluding hydrogens is 378 g/mol. The van der Waals surface area contributed by atoms with Gasteiger partial charge < -0.3 is 19.1 Å². The summed E-state index contributed by atoms with van der Waals surface area (Å²) in [5.41, 5.74) is 0.727. The van der Waals surface area contributed by atoms with E-state index in [2.05, 4.69) is 0 Å². The molecule has 2 amide bonds. The third kappa shape index (κ3) is 4.37. The van der Waals surface area contributed by atoms with Crippen LogP contribution in [0.2, 0.25) is 0 Å². The van der Waals surface area contributed by atoms with Crippen molar-refractivity contribution < 1.29 is 14.3 Å². The second kappa shape index (κ2) is 8.94. The fraction of sp³-hybridized carbons (Fsp3) is 0.500. The van der Waals surface area contributed by atoms with E-state index in [-0.39, 0.29) is 11.8 Å². The SMILES string of the molecule is CC(=O)N1CCC([C@@H]2CN(C(=O)c3cccn3C)C[C@H]2COc2ccccc2)CC1. The van der Waals surface area contributed by atoms with Crippen molar-refractivity contribution in [1.29, 1.82) is 0 Å². The minimum atomic E-state index is 0.0934. The van der Waals surface area contributed by atoms with Crippen molar-refractivity contribution in [2.24, 2.45) is 24.8 Å². The predicted molar refractivity (Wildman–Crippen MR) is 115 cm³/mol. The van der Waals surface area contributed by atoms with Gasteiger partial charge >= 0.3 is 0 Å². The molecule has 6 heteroatoms. The number of benzene rings is 1. The smallest absolute Gasteiger partial charge is 0.270 e. The van der Waals surface area contributed by atoms with Crippen molar-refractivity contribution in [3.05, 3.63) is 54.4 Å². The Morgan fingerprint density at radius 1 is 1.00 bits per heavy atom. The summed E-state index contributed by atoms with van der Waals surface area (Å²) in [7, 11) is 1.91. The van der Waals surface area contributed by atoms with E-state index in [1.165, 1.54) is 0 Å². The molecule has 0 bridgehead atoms. The lowest BCUT2D eigenvalue weighted by molar-refractivity contribution is -0.130. The van der Waals surface area contributed by atoms with Gasteiger partial charge in [0.15, 0.2) is 0 Å². The van der Waals surface area contributed by atoms with Crippen LogP contribution in [0.4, 0.5) is 0 Å². The van der Waals surface area contributed by atoms with Crippen molar-refractivity contribution >= 4 is 11.8 Å². The van der Waals surface area contributed by atoms with E-state index >= 15 is 0 Å². The third-order valence-corrected chi connectivity index (χ3v) is 6.74. The van der Waals surface area contributed by atoms with Crippen LogP contribution in [0.15, 0.2) is 48.7 Å². The van der Waals surface area contributed by atoms with Crippen LogP contribution in [0.3, 0.4) is 0 Å². The first-order valence-corrected chi connectivity index (χ1v) is 10.9. The van der Waals surface area contributed by atoms with Crippen LogP contribution in [0.25, 0.3) is 0 Å². The molecule has 3 heterocycles. The molecule has 0 saturated carbocycles. The number of piperidine rings is 1. The van der Waals surface area contributed by atoms with Crippen LogP contribution in [-0.4, -0.2) is 59.0 Å². The van der Waals surface area contributed by atoms with Gasteiger partial charge in [-0.25, -0.2) is 0 Å². The molecule has 2 aliphatic heterocycles. The lowest BCUT2D eigenvalue weighted by Gasteiger charge is -2.36. The Morgan fingerprint density at radius 2 is 1.73 bits per heavy atom. The summed E-state index contributed by atoms with van der Waals surface area (Å²) in [6.45, 7) is 5.36. The number of aromatic nitrogens is 1. The third-order valence-electron chi connectivity index (χ3n) is 6.74. The lowest BCUT2D eigenvalue weighted by atomic mass is 9.78. The Morgan fingerprint density at radius 3 is 2.37 bits per heavy atom. The van der Waals surface area contributed by atoms with Crippen LogP contribution in [0.1, 0.15) is 30.3 Å². The lowest BCUT2D eigenvalue weighted by Crippen LogP contribution is -2.40. The van der Waals surface area contributed by atoms with Gasteiger partial charge in [-0.1, -0.05) is 18.2 Å². The van der Waals surface area contributed by atoms with Gasteiger partial charge in [0, 0.05) is 52.3 Å². The van der Waals surface area contributed by atoms with Gasteiger partial charge in [0.1, 0.15) is 11.4 Å². The van der Waals surface area contributed by atoms with Crippen LogP contribution in [0, 0.1) is 17.8 Å². The zero-order valence-electron chi connectivity index (χ0n) is 17.9. The highest BCUT2D eigenvalue weighted by Crippen LogP contribution is 2.36. The molecule has 1 aromatic heterocycles. The van der Waals surface area contributed by atoms with Gasteiger partial charge in [0.05, 0.1) is 6.61 Å². The van der Waals surface area contributed by atoms with Crippen molar-refractivity contribution in [2.75, 3.05) is 32.8 Å². The molecule has 2 fully saturated rings. The normalized spacial score (nSPS) is 22.3. The first-order chi connectivity index (χ1) is 14.5. The van der Waals surface area contributed by atoms with Crippen LogP contribution >= 0.6 is 0 Å². The molecule has 2 saturated heterocycles. The minimum absolute atomic E-state index is 0.0934. The molecule has 0 N–H and O–H groups in total. The quantitative estimate of drug-likeness (QED) is 0.763. The molecule has 2 aliphatic rings. The van der Waals surface area contributed by atoms with E-state index in [0.717, 1.165) is 43.9 Å². The number of rotatable bonds is 5. The summed E-state index contributed by atoms with van der Waals surface area (Å²) in [5, 5.41) is 0. The van der Waals surface area contributed by atoms with Crippen LogP contribution in [-0.2, 0) is 11.8 Å².